The van der Waals surface area contributed by atoms with Gasteiger partial charge in [-0.05, 0) is 19.0 Å². The zero-order valence-corrected chi connectivity index (χ0v) is 23.5. The maximum atomic E-state index is 13.1. The highest BCUT2D eigenvalue weighted by molar-refractivity contribution is 9.09. The van der Waals surface area contributed by atoms with Gasteiger partial charge in [0.1, 0.15) is 23.7 Å². The average Bonchev–Trinajstić information content (AvgIpc) is 2.84. The van der Waals surface area contributed by atoms with E-state index in [1.807, 2.05) is 0 Å². The van der Waals surface area contributed by atoms with Gasteiger partial charge in [-0.1, -0.05) is 15.9 Å². The van der Waals surface area contributed by atoms with Crippen molar-refractivity contribution in [3.8, 4) is 0 Å². The lowest BCUT2D eigenvalue weighted by Crippen LogP contribution is -2.71. The number of alkyl halides is 1. The van der Waals surface area contributed by atoms with Crippen LogP contribution in [0, 0.1) is 4.91 Å². The van der Waals surface area contributed by atoms with E-state index in [2.05, 4.69) is 26.4 Å². The van der Waals surface area contributed by atoms with Crippen molar-refractivity contribution in [1.29, 1.82) is 0 Å². The minimum Gasteiger partial charge on any atom is -0.445 e. The third-order valence-corrected chi connectivity index (χ3v) is 6.82. The molecule has 3 unspecified atom stereocenters. The van der Waals surface area contributed by atoms with Gasteiger partial charge < -0.3 is 29.2 Å². The summed E-state index contributed by atoms with van der Waals surface area (Å²) in [5.74, 6) is -3.57. The summed E-state index contributed by atoms with van der Waals surface area (Å²) in [6.45, 7) is 4.09. The summed E-state index contributed by atoms with van der Waals surface area (Å²) >= 11 is 3.99. The molecule has 0 bridgehead atoms. The van der Waals surface area contributed by atoms with Crippen LogP contribution in [0.15, 0.2) is 16.4 Å². The Kier molecular flexibility index (Phi) is 11.1. The molecule has 38 heavy (non-hydrogen) atoms. The first kappa shape index (κ1) is 31.0. The lowest BCUT2D eigenvalue weighted by atomic mass is 10.0. The molecule has 4 atom stereocenters. The molecule has 0 spiro atoms. The number of rotatable bonds is 11. The molecule has 2 rings (SSSR count). The monoisotopic (exact) mass is 622 g/mol. The van der Waals surface area contributed by atoms with E-state index in [0.717, 1.165) is 16.7 Å². The fourth-order valence-corrected chi connectivity index (χ4v) is 4.84. The zero-order chi connectivity index (χ0) is 28.7. The Morgan fingerprint density at radius 2 is 1.82 bits per heavy atom. The van der Waals surface area contributed by atoms with Gasteiger partial charge in [0, 0.05) is 32.3 Å². The van der Waals surface area contributed by atoms with Crippen molar-refractivity contribution in [3.05, 3.63) is 16.2 Å². The molecule has 1 fully saturated rings. The Morgan fingerprint density at radius 3 is 2.37 bits per heavy atom. The van der Waals surface area contributed by atoms with Gasteiger partial charge >= 0.3 is 18.2 Å². The number of esters is 1. The average molecular weight is 623 g/mol. The van der Waals surface area contributed by atoms with Crippen LogP contribution in [0.1, 0.15) is 20.8 Å². The Labute approximate surface area is 230 Å². The third kappa shape index (κ3) is 7.43. The van der Waals surface area contributed by atoms with Crippen LogP contribution >= 0.6 is 27.7 Å². The van der Waals surface area contributed by atoms with Gasteiger partial charge in [-0.2, -0.15) is 0 Å². The van der Waals surface area contributed by atoms with E-state index >= 15 is 0 Å². The van der Waals surface area contributed by atoms with E-state index in [9.17, 15) is 33.7 Å². The maximum Gasteiger partial charge on any atom is 0.511 e. The number of hydrogen-bond donors (Lipinski definition) is 1. The lowest BCUT2D eigenvalue weighted by molar-refractivity contribution is -0.169. The van der Waals surface area contributed by atoms with Crippen LogP contribution in [-0.2, 0) is 38.1 Å². The number of halogens is 1. The van der Waals surface area contributed by atoms with Crippen LogP contribution in [-0.4, -0.2) is 107 Å². The number of Topliss-reactive ketones (excluding diaryl/α,β-unsaturated/α-hetero) is 1. The summed E-state index contributed by atoms with van der Waals surface area (Å²) in [6.07, 6.45) is -3.66. The number of carbonyl (C=O) groups excluding carboxylic acids is 6. The molecule has 210 valence electrons. The van der Waals surface area contributed by atoms with Crippen molar-refractivity contribution in [1.82, 2.24) is 15.1 Å². The molecular formula is C21H27BrN4O11S. The molecule has 3 amide bonds. The first-order valence-electron chi connectivity index (χ1n) is 11.1. The predicted molar refractivity (Wildman–Crippen MR) is 134 cm³/mol. The summed E-state index contributed by atoms with van der Waals surface area (Å²) < 4.78 is 20.1. The molecule has 15 nitrogen and oxygen atoms in total. The standard InChI is InChI=1S/C21H27BrN4O11S/c1-9(2)35-21(32)37-10(3)36-19(30)15-11(7-34-20(31)25(4)5)8-38-18-14(17(29)26(15)18)23-16(28)13(24-33)12(27)6-22/h9-10,13-14,18H,6-8H2,1-5H3,(H,23,28)/t10?,13?,14?,18-/m0/s1. The van der Waals surface area contributed by atoms with E-state index in [4.69, 9.17) is 18.9 Å². The van der Waals surface area contributed by atoms with Gasteiger partial charge in [-0.15, -0.1) is 16.7 Å². The quantitative estimate of drug-likeness (QED) is 0.0652. The molecule has 0 aromatic carbocycles. The van der Waals surface area contributed by atoms with Crippen molar-refractivity contribution in [2.75, 3.05) is 31.8 Å². The SMILES string of the molecule is CC(C)OC(=O)OC(C)OC(=O)C1=C(COC(=O)N(C)C)CS[C@H]2C(NC(=O)C(N=O)C(=O)CBr)C(=O)N12. The van der Waals surface area contributed by atoms with Crippen molar-refractivity contribution in [2.45, 2.75) is 50.6 Å². The van der Waals surface area contributed by atoms with E-state index in [-0.39, 0.29) is 29.0 Å². The fraction of sp³-hybridized carbons (Fsp3) is 0.619. The van der Waals surface area contributed by atoms with Crippen molar-refractivity contribution >= 4 is 63.5 Å². The van der Waals surface area contributed by atoms with E-state index < -0.39 is 65.7 Å². The number of amides is 3. The highest BCUT2D eigenvalue weighted by atomic mass is 79.9. The third-order valence-electron chi connectivity index (χ3n) is 4.93. The molecule has 0 aromatic heterocycles. The lowest BCUT2D eigenvalue weighted by Gasteiger charge is -2.49. The van der Waals surface area contributed by atoms with Crippen LogP contribution < -0.4 is 5.32 Å². The molecule has 1 saturated heterocycles. The predicted octanol–water partition coefficient (Wildman–Crippen LogP) is 0.888. The second-order valence-electron chi connectivity index (χ2n) is 8.41. The van der Waals surface area contributed by atoms with Crippen LogP contribution in [0.5, 0.6) is 0 Å². The van der Waals surface area contributed by atoms with Gasteiger partial charge in [0.15, 0.2) is 5.78 Å². The second kappa shape index (κ2) is 13.5. The number of β-lactam (4-membered cyclic amide) rings is 1. The van der Waals surface area contributed by atoms with Gasteiger partial charge in [0.2, 0.25) is 12.3 Å². The maximum absolute atomic E-state index is 13.1. The summed E-state index contributed by atoms with van der Waals surface area (Å²) in [5.41, 5.74) is -0.0338. The summed E-state index contributed by atoms with van der Waals surface area (Å²) in [6, 6.07) is -3.03. The van der Waals surface area contributed by atoms with Crippen LogP contribution in [0.2, 0.25) is 0 Å². The second-order valence-corrected chi connectivity index (χ2v) is 10.1. The van der Waals surface area contributed by atoms with Gasteiger partial charge in [-0.25, -0.2) is 14.4 Å². The minimum absolute atomic E-state index is 0.0896. The van der Waals surface area contributed by atoms with E-state index in [1.165, 1.54) is 25.9 Å². The van der Waals surface area contributed by atoms with Gasteiger partial charge in [0.05, 0.1) is 11.4 Å². The summed E-state index contributed by atoms with van der Waals surface area (Å²) in [5, 5.41) is 3.74. The first-order valence-corrected chi connectivity index (χ1v) is 13.3. The fourth-order valence-electron chi connectivity index (χ4n) is 3.21. The van der Waals surface area contributed by atoms with Gasteiger partial charge in [-0.3, -0.25) is 19.3 Å². The molecule has 17 heteroatoms. The number of nitrogens with zero attached hydrogens (tertiary/aromatic N) is 3. The number of hydrogen-bond acceptors (Lipinski definition) is 13. The normalized spacial score (nSPS) is 19.9. The molecular weight excluding hydrogens is 596 g/mol. The first-order chi connectivity index (χ1) is 17.8. The number of nitrogens with one attached hydrogen (secondary N) is 1. The number of thioether (sulfide) groups is 1. The Hall–Kier alpha value is -3.21. The molecule has 0 aromatic rings. The highest BCUT2D eigenvalue weighted by Gasteiger charge is 2.55. The minimum atomic E-state index is -1.85. The van der Waals surface area contributed by atoms with Gasteiger partial charge in [0.25, 0.3) is 11.8 Å². The molecule has 0 aliphatic carbocycles. The van der Waals surface area contributed by atoms with E-state index in [0.29, 0.717) is 0 Å². The zero-order valence-electron chi connectivity index (χ0n) is 21.1. The molecule has 2 aliphatic heterocycles. The number of carbonyl (C=O) groups is 6. The summed E-state index contributed by atoms with van der Waals surface area (Å²) in [4.78, 5) is 87.1. The Balaban J connectivity index is 2.25. The highest BCUT2D eigenvalue weighted by Crippen LogP contribution is 2.41. The molecule has 0 radical (unpaired) electrons. The largest absolute Gasteiger partial charge is 0.511 e. The van der Waals surface area contributed by atoms with Crippen molar-refractivity contribution in [2.24, 2.45) is 5.18 Å². The molecule has 2 aliphatic rings. The molecule has 1 N–H and O–H groups in total. The molecule has 2 heterocycles. The Bertz CT molecular complexity index is 1030. The Morgan fingerprint density at radius 1 is 1.16 bits per heavy atom. The number of ketones is 1. The number of nitroso groups, excluding NO2 is 1. The topological polar surface area (TPSA) is 187 Å². The number of ether oxygens (including phenoxy) is 4. The van der Waals surface area contributed by atoms with E-state index in [1.54, 1.807) is 13.8 Å². The summed E-state index contributed by atoms with van der Waals surface area (Å²) in [7, 11) is 2.92. The van der Waals surface area contributed by atoms with Crippen LogP contribution in [0.25, 0.3) is 0 Å². The molecule has 0 saturated carbocycles. The van der Waals surface area contributed by atoms with Crippen molar-refractivity contribution in [3.63, 3.8) is 0 Å². The smallest absolute Gasteiger partial charge is 0.445 e. The van der Waals surface area contributed by atoms with Crippen LogP contribution in [0.3, 0.4) is 0 Å². The van der Waals surface area contributed by atoms with Crippen LogP contribution in [0.4, 0.5) is 9.59 Å². The number of fused-ring (bicyclic) bond motifs is 1. The van der Waals surface area contributed by atoms with Crippen molar-refractivity contribution < 1.29 is 47.7 Å².